The molecule has 0 saturated carbocycles. The second-order valence-corrected chi connectivity index (χ2v) is 7.44. The molecule has 2 rings (SSSR count). The quantitative estimate of drug-likeness (QED) is 0.637. The lowest BCUT2D eigenvalue weighted by Gasteiger charge is -2.18. The van der Waals surface area contributed by atoms with Crippen molar-refractivity contribution in [2.45, 2.75) is 25.1 Å². The summed E-state index contributed by atoms with van der Waals surface area (Å²) in [5.74, 6) is 1.49. The summed E-state index contributed by atoms with van der Waals surface area (Å²) in [4.78, 5) is 23.6. The van der Waals surface area contributed by atoms with Gasteiger partial charge in [-0.3, -0.25) is 9.59 Å². The molecule has 4 nitrogen and oxygen atoms in total. The van der Waals surface area contributed by atoms with Crippen LogP contribution in [-0.2, 0) is 15.3 Å². The van der Waals surface area contributed by atoms with Crippen LogP contribution < -0.4 is 10.6 Å². The molecule has 26 heavy (non-hydrogen) atoms. The zero-order valence-electron chi connectivity index (χ0n) is 14.7. The molecule has 2 aromatic carbocycles. The topological polar surface area (TPSA) is 58.2 Å². The predicted octanol–water partition coefficient (Wildman–Crippen LogP) is 3.96. The number of hydrogen-bond donors (Lipinski definition) is 2. The zero-order valence-corrected chi connectivity index (χ0v) is 16.3. The third kappa shape index (κ3) is 7.50. The van der Waals surface area contributed by atoms with Crippen LogP contribution in [-0.4, -0.2) is 24.1 Å². The number of carbonyl (C=O) groups excluding carboxylic acids is 2. The first kappa shape index (κ1) is 20.3. The fourth-order valence-electron chi connectivity index (χ4n) is 2.47. The molecule has 0 aliphatic heterocycles. The number of nitrogens with one attached hydrogen (secondary N) is 2. The molecule has 0 fully saturated rings. The van der Waals surface area contributed by atoms with E-state index in [0.29, 0.717) is 6.54 Å². The van der Waals surface area contributed by atoms with Crippen LogP contribution in [0.25, 0.3) is 0 Å². The monoisotopic (exact) mass is 390 g/mol. The molecule has 0 spiro atoms. The van der Waals surface area contributed by atoms with Gasteiger partial charge >= 0.3 is 0 Å². The van der Waals surface area contributed by atoms with E-state index in [2.05, 4.69) is 10.6 Å². The van der Waals surface area contributed by atoms with Crippen LogP contribution in [0.1, 0.15) is 30.5 Å². The number of halogens is 1. The van der Waals surface area contributed by atoms with E-state index in [0.717, 1.165) is 22.1 Å². The van der Waals surface area contributed by atoms with E-state index < -0.39 is 0 Å². The lowest BCUT2D eigenvalue weighted by molar-refractivity contribution is -0.122. The van der Waals surface area contributed by atoms with Crippen molar-refractivity contribution in [2.75, 3.05) is 12.3 Å². The molecule has 1 atom stereocenters. The number of benzene rings is 2. The maximum Gasteiger partial charge on any atom is 0.222 e. The zero-order chi connectivity index (χ0) is 18.8. The minimum absolute atomic E-state index is 0.0697. The lowest BCUT2D eigenvalue weighted by atomic mass is 10.0. The van der Waals surface area contributed by atoms with Crippen LogP contribution in [0.15, 0.2) is 54.6 Å². The number of amides is 2. The fourth-order valence-corrected chi connectivity index (χ4v) is 3.42. The Morgan fingerprint density at radius 2 is 1.77 bits per heavy atom. The molecule has 0 radical (unpaired) electrons. The van der Waals surface area contributed by atoms with Crippen LogP contribution in [0.3, 0.4) is 0 Å². The van der Waals surface area contributed by atoms with Crippen LogP contribution in [0.5, 0.6) is 0 Å². The molecule has 0 aliphatic rings. The minimum Gasteiger partial charge on any atom is -0.355 e. The Labute approximate surface area is 163 Å². The third-order valence-corrected chi connectivity index (χ3v) is 5.00. The van der Waals surface area contributed by atoms with E-state index in [1.165, 1.54) is 12.5 Å². The summed E-state index contributed by atoms with van der Waals surface area (Å²) in [5, 5.41) is 6.49. The Kier molecular flexibility index (Phi) is 8.51. The Hall–Kier alpha value is -1.98. The van der Waals surface area contributed by atoms with Gasteiger partial charge in [-0.15, -0.1) is 0 Å². The highest BCUT2D eigenvalue weighted by molar-refractivity contribution is 7.98. The normalized spacial score (nSPS) is 11.6. The number of hydrogen-bond acceptors (Lipinski definition) is 3. The second-order valence-electron chi connectivity index (χ2n) is 5.90. The van der Waals surface area contributed by atoms with Crippen molar-refractivity contribution < 1.29 is 9.59 Å². The van der Waals surface area contributed by atoms with Gasteiger partial charge < -0.3 is 10.6 Å². The molecule has 0 saturated heterocycles. The number of rotatable bonds is 9. The summed E-state index contributed by atoms with van der Waals surface area (Å²) < 4.78 is 0. The summed E-state index contributed by atoms with van der Waals surface area (Å²) in [5.41, 5.74) is 2.13. The van der Waals surface area contributed by atoms with Crippen LogP contribution in [0.2, 0.25) is 5.02 Å². The van der Waals surface area contributed by atoms with E-state index in [-0.39, 0.29) is 24.3 Å². The Balaban J connectivity index is 1.72. The van der Waals surface area contributed by atoms with Gasteiger partial charge in [-0.2, -0.15) is 11.8 Å². The van der Waals surface area contributed by atoms with Gasteiger partial charge in [0.25, 0.3) is 0 Å². The van der Waals surface area contributed by atoms with Gasteiger partial charge in [0.05, 0.1) is 12.5 Å². The van der Waals surface area contributed by atoms with E-state index in [1.807, 2.05) is 54.6 Å². The Morgan fingerprint density at radius 3 is 2.42 bits per heavy atom. The molecule has 0 aliphatic carbocycles. The molecule has 0 bridgehead atoms. The molecule has 2 amide bonds. The van der Waals surface area contributed by atoms with Gasteiger partial charge in [-0.25, -0.2) is 0 Å². The van der Waals surface area contributed by atoms with Crippen molar-refractivity contribution in [1.82, 2.24) is 10.6 Å². The lowest BCUT2D eigenvalue weighted by Crippen LogP contribution is -2.33. The van der Waals surface area contributed by atoms with Gasteiger partial charge in [0, 0.05) is 30.0 Å². The van der Waals surface area contributed by atoms with Crippen LogP contribution in [0, 0.1) is 0 Å². The summed E-state index contributed by atoms with van der Waals surface area (Å²) in [7, 11) is 0. The standard InChI is InChI=1S/C20H23ClN2O2S/c1-15(24)23-19(17-5-3-2-4-6-17)13-20(25)22-11-12-26-14-16-7-9-18(21)10-8-16/h2-10,19H,11-14H2,1H3,(H,22,25)(H,23,24)/t19-/m1/s1. The molecule has 0 unspecified atom stereocenters. The van der Waals surface area contributed by atoms with Crippen molar-refractivity contribution >= 4 is 35.2 Å². The summed E-state index contributed by atoms with van der Waals surface area (Å²) in [6.45, 7) is 2.06. The molecule has 0 heterocycles. The first-order valence-electron chi connectivity index (χ1n) is 8.45. The van der Waals surface area contributed by atoms with E-state index >= 15 is 0 Å². The molecule has 138 valence electrons. The van der Waals surface area contributed by atoms with E-state index in [1.54, 1.807) is 11.8 Å². The van der Waals surface area contributed by atoms with Gasteiger partial charge in [-0.05, 0) is 23.3 Å². The SMILES string of the molecule is CC(=O)N[C@H](CC(=O)NCCSCc1ccc(Cl)cc1)c1ccccc1. The van der Waals surface area contributed by atoms with Gasteiger partial charge in [0.1, 0.15) is 0 Å². The fraction of sp³-hybridized carbons (Fsp3) is 0.300. The highest BCUT2D eigenvalue weighted by Crippen LogP contribution is 2.17. The molecular weight excluding hydrogens is 368 g/mol. The van der Waals surface area contributed by atoms with Crippen molar-refractivity contribution in [3.63, 3.8) is 0 Å². The average Bonchev–Trinajstić information content (AvgIpc) is 2.63. The molecule has 2 N–H and O–H groups in total. The highest BCUT2D eigenvalue weighted by Gasteiger charge is 2.16. The van der Waals surface area contributed by atoms with Gasteiger partial charge in [0.15, 0.2) is 0 Å². The van der Waals surface area contributed by atoms with Gasteiger partial charge in [-0.1, -0.05) is 54.1 Å². The molecule has 0 aromatic heterocycles. The Bertz CT molecular complexity index is 708. The Morgan fingerprint density at radius 1 is 1.08 bits per heavy atom. The summed E-state index contributed by atoms with van der Waals surface area (Å²) >= 11 is 7.62. The average molecular weight is 391 g/mol. The van der Waals surface area contributed by atoms with Gasteiger partial charge in [0.2, 0.25) is 11.8 Å². The van der Waals surface area contributed by atoms with Crippen molar-refractivity contribution in [2.24, 2.45) is 0 Å². The maximum atomic E-state index is 12.2. The smallest absolute Gasteiger partial charge is 0.222 e. The second kappa shape index (κ2) is 10.9. The predicted molar refractivity (Wildman–Crippen MR) is 108 cm³/mol. The first-order chi connectivity index (χ1) is 12.5. The van der Waals surface area contributed by atoms with E-state index in [9.17, 15) is 9.59 Å². The van der Waals surface area contributed by atoms with Crippen molar-refractivity contribution in [3.05, 3.63) is 70.7 Å². The molecule has 6 heteroatoms. The molecular formula is C20H23ClN2O2S. The summed E-state index contributed by atoms with van der Waals surface area (Å²) in [6, 6.07) is 17.0. The minimum atomic E-state index is -0.310. The van der Waals surface area contributed by atoms with Crippen LogP contribution in [0.4, 0.5) is 0 Å². The van der Waals surface area contributed by atoms with Crippen LogP contribution >= 0.6 is 23.4 Å². The maximum absolute atomic E-state index is 12.2. The van der Waals surface area contributed by atoms with Crippen molar-refractivity contribution in [3.8, 4) is 0 Å². The van der Waals surface area contributed by atoms with Crippen molar-refractivity contribution in [1.29, 1.82) is 0 Å². The molecule has 2 aromatic rings. The number of carbonyl (C=O) groups is 2. The highest BCUT2D eigenvalue weighted by atomic mass is 35.5. The first-order valence-corrected chi connectivity index (χ1v) is 9.99. The van der Waals surface area contributed by atoms with E-state index in [4.69, 9.17) is 11.6 Å². The largest absolute Gasteiger partial charge is 0.355 e. The third-order valence-electron chi connectivity index (χ3n) is 3.72. The summed E-state index contributed by atoms with van der Waals surface area (Å²) in [6.07, 6.45) is 0.228. The number of thioether (sulfide) groups is 1.